The lowest BCUT2D eigenvalue weighted by Crippen LogP contribution is -2.53. The first-order valence-electron chi connectivity index (χ1n) is 8.93. The van der Waals surface area contributed by atoms with E-state index in [1.807, 2.05) is 35.2 Å². The summed E-state index contributed by atoms with van der Waals surface area (Å²) in [5.41, 5.74) is 0.972. The van der Waals surface area contributed by atoms with Crippen LogP contribution >= 0.6 is 15.9 Å². The van der Waals surface area contributed by atoms with Crippen LogP contribution in [0.2, 0.25) is 0 Å². The summed E-state index contributed by atoms with van der Waals surface area (Å²) in [6.07, 6.45) is 3.42. The van der Waals surface area contributed by atoms with Crippen molar-refractivity contribution in [1.82, 2.24) is 14.7 Å². The number of benzene rings is 1. The molecule has 1 aromatic rings. The molecule has 1 aromatic carbocycles. The minimum Gasteiger partial charge on any atom is -0.379 e. The molecule has 0 aliphatic carbocycles. The van der Waals surface area contributed by atoms with Gasteiger partial charge in [-0.25, -0.2) is 0 Å². The molecule has 0 radical (unpaired) electrons. The Hall–Kier alpha value is -1.70. The second kappa shape index (κ2) is 9.30. The van der Waals surface area contributed by atoms with E-state index in [4.69, 9.17) is 4.74 Å². The molecule has 0 spiro atoms. The highest BCUT2D eigenvalue weighted by Crippen LogP contribution is 2.17. The lowest BCUT2D eigenvalue weighted by molar-refractivity contribution is -0.138. The molecule has 0 atom stereocenters. The summed E-state index contributed by atoms with van der Waals surface area (Å²) in [4.78, 5) is 30.6. The molecule has 0 bridgehead atoms. The molecule has 0 unspecified atom stereocenters. The molecule has 2 saturated heterocycles. The number of nitrogens with zero attached hydrogens (tertiary/aromatic N) is 3. The van der Waals surface area contributed by atoms with Crippen LogP contribution in [0, 0.1) is 0 Å². The quantitative estimate of drug-likeness (QED) is 0.690. The predicted molar refractivity (Wildman–Crippen MR) is 104 cm³/mol. The van der Waals surface area contributed by atoms with Crippen LogP contribution < -0.4 is 0 Å². The van der Waals surface area contributed by atoms with Crippen molar-refractivity contribution in [2.24, 2.45) is 0 Å². The van der Waals surface area contributed by atoms with Crippen molar-refractivity contribution in [3.63, 3.8) is 0 Å². The third kappa shape index (κ3) is 5.16. The normalized spacial score (nSPS) is 19.1. The average Bonchev–Trinajstić information content (AvgIpc) is 2.68. The van der Waals surface area contributed by atoms with Gasteiger partial charge in [0, 0.05) is 49.8 Å². The maximum atomic E-state index is 12.4. The first-order chi connectivity index (χ1) is 12.6. The van der Waals surface area contributed by atoms with Gasteiger partial charge in [-0.15, -0.1) is 0 Å². The fraction of sp³-hybridized carbons (Fsp3) is 0.474. The van der Waals surface area contributed by atoms with E-state index in [-0.39, 0.29) is 11.8 Å². The fourth-order valence-corrected chi connectivity index (χ4v) is 3.52. The molecule has 140 valence electrons. The van der Waals surface area contributed by atoms with Crippen LogP contribution in [0.3, 0.4) is 0 Å². The van der Waals surface area contributed by atoms with Gasteiger partial charge in [0.25, 0.3) is 0 Å². The molecule has 0 saturated carbocycles. The zero-order chi connectivity index (χ0) is 18.4. The molecule has 7 heteroatoms. The number of carbonyl (C=O) groups is 2. The zero-order valence-corrected chi connectivity index (χ0v) is 16.4. The Morgan fingerprint density at radius 1 is 1.00 bits per heavy atom. The second-order valence-corrected chi connectivity index (χ2v) is 7.30. The van der Waals surface area contributed by atoms with Crippen molar-refractivity contribution in [1.29, 1.82) is 0 Å². The van der Waals surface area contributed by atoms with Crippen LogP contribution in [-0.4, -0.2) is 85.5 Å². The molecule has 0 aromatic heterocycles. The van der Waals surface area contributed by atoms with Gasteiger partial charge in [-0.2, -0.15) is 0 Å². The lowest BCUT2D eigenvalue weighted by Gasteiger charge is -2.36. The van der Waals surface area contributed by atoms with Gasteiger partial charge >= 0.3 is 0 Å². The monoisotopic (exact) mass is 421 g/mol. The number of morpholine rings is 1. The molecule has 2 heterocycles. The molecule has 2 aliphatic rings. The van der Waals surface area contributed by atoms with Gasteiger partial charge < -0.3 is 14.5 Å². The summed E-state index contributed by atoms with van der Waals surface area (Å²) in [6.45, 7) is 5.80. The van der Waals surface area contributed by atoms with E-state index >= 15 is 0 Å². The van der Waals surface area contributed by atoms with E-state index in [0.29, 0.717) is 45.9 Å². The van der Waals surface area contributed by atoms with Crippen molar-refractivity contribution in [2.45, 2.75) is 0 Å². The summed E-state index contributed by atoms with van der Waals surface area (Å²) >= 11 is 3.47. The fourth-order valence-electron chi connectivity index (χ4n) is 3.10. The van der Waals surface area contributed by atoms with E-state index in [2.05, 4.69) is 20.8 Å². The highest BCUT2D eigenvalue weighted by Gasteiger charge is 2.24. The topological polar surface area (TPSA) is 53.1 Å². The Balaban J connectivity index is 1.46. The molecular weight excluding hydrogens is 398 g/mol. The van der Waals surface area contributed by atoms with Crippen LogP contribution in [0.25, 0.3) is 6.08 Å². The van der Waals surface area contributed by atoms with E-state index in [1.165, 1.54) is 0 Å². The Bertz CT molecular complexity index is 666. The van der Waals surface area contributed by atoms with Crippen molar-refractivity contribution in [3.8, 4) is 0 Å². The number of ether oxygens (including phenoxy) is 1. The number of piperazine rings is 1. The molecule has 2 aliphatic heterocycles. The number of halogens is 1. The molecule has 2 amide bonds. The van der Waals surface area contributed by atoms with Crippen LogP contribution in [0.1, 0.15) is 5.56 Å². The summed E-state index contributed by atoms with van der Waals surface area (Å²) in [7, 11) is 0. The van der Waals surface area contributed by atoms with Crippen molar-refractivity contribution >= 4 is 33.8 Å². The van der Waals surface area contributed by atoms with E-state index in [9.17, 15) is 9.59 Å². The summed E-state index contributed by atoms with van der Waals surface area (Å²) in [6, 6.07) is 7.78. The minimum absolute atomic E-state index is 0.0129. The third-order valence-corrected chi connectivity index (χ3v) is 5.44. The van der Waals surface area contributed by atoms with E-state index in [0.717, 1.165) is 23.1 Å². The minimum atomic E-state index is -0.0129. The van der Waals surface area contributed by atoms with Crippen LogP contribution in [0.5, 0.6) is 0 Å². The van der Waals surface area contributed by atoms with Crippen molar-refractivity contribution in [2.75, 3.05) is 59.0 Å². The molecular formula is C19H24BrN3O3. The van der Waals surface area contributed by atoms with Crippen LogP contribution in [-0.2, 0) is 14.3 Å². The van der Waals surface area contributed by atoms with E-state index in [1.54, 1.807) is 11.0 Å². The Labute approximate surface area is 162 Å². The summed E-state index contributed by atoms with van der Waals surface area (Å²) < 4.78 is 6.27. The largest absolute Gasteiger partial charge is 0.379 e. The maximum absolute atomic E-state index is 12.4. The average molecular weight is 422 g/mol. The van der Waals surface area contributed by atoms with Gasteiger partial charge in [0.2, 0.25) is 11.8 Å². The molecule has 6 nitrogen and oxygen atoms in total. The van der Waals surface area contributed by atoms with Gasteiger partial charge in [0.15, 0.2) is 0 Å². The molecule has 2 fully saturated rings. The number of hydrogen-bond acceptors (Lipinski definition) is 4. The van der Waals surface area contributed by atoms with E-state index < -0.39 is 0 Å². The van der Waals surface area contributed by atoms with Crippen LogP contribution in [0.4, 0.5) is 0 Å². The van der Waals surface area contributed by atoms with Gasteiger partial charge in [0.1, 0.15) is 0 Å². The Morgan fingerprint density at radius 3 is 2.35 bits per heavy atom. The summed E-state index contributed by atoms with van der Waals surface area (Å²) in [5.74, 6) is 0.129. The van der Waals surface area contributed by atoms with Crippen molar-refractivity contribution < 1.29 is 14.3 Å². The number of hydrogen-bond donors (Lipinski definition) is 0. The second-order valence-electron chi connectivity index (χ2n) is 6.45. The highest BCUT2D eigenvalue weighted by atomic mass is 79.9. The summed E-state index contributed by atoms with van der Waals surface area (Å²) in [5, 5.41) is 0. The first kappa shape index (κ1) is 19.1. The SMILES string of the molecule is O=C(/C=C/c1ccccc1Br)N1CCN(C(=O)CN2CCOCC2)CC1. The molecule has 0 N–H and O–H groups in total. The van der Waals surface area contributed by atoms with Gasteiger partial charge in [-0.3, -0.25) is 14.5 Å². The first-order valence-corrected chi connectivity index (χ1v) is 9.72. The molecule has 3 rings (SSSR count). The van der Waals surface area contributed by atoms with Gasteiger partial charge in [0.05, 0.1) is 19.8 Å². The van der Waals surface area contributed by atoms with Gasteiger partial charge in [-0.05, 0) is 17.7 Å². The standard InChI is InChI=1S/C19H24BrN3O3/c20-17-4-2-1-3-16(17)5-6-18(24)22-7-9-23(10-8-22)19(25)15-21-11-13-26-14-12-21/h1-6H,7-15H2/b6-5+. The molecule has 26 heavy (non-hydrogen) atoms. The van der Waals surface area contributed by atoms with Crippen molar-refractivity contribution in [3.05, 3.63) is 40.4 Å². The number of amides is 2. The smallest absolute Gasteiger partial charge is 0.246 e. The maximum Gasteiger partial charge on any atom is 0.246 e. The number of rotatable bonds is 4. The van der Waals surface area contributed by atoms with Crippen LogP contribution in [0.15, 0.2) is 34.8 Å². The Morgan fingerprint density at radius 2 is 1.65 bits per heavy atom. The Kier molecular flexibility index (Phi) is 6.82. The predicted octanol–water partition coefficient (Wildman–Crippen LogP) is 1.47. The van der Waals surface area contributed by atoms with Gasteiger partial charge in [-0.1, -0.05) is 34.1 Å². The number of carbonyl (C=O) groups excluding carboxylic acids is 2. The third-order valence-electron chi connectivity index (χ3n) is 4.72. The zero-order valence-electron chi connectivity index (χ0n) is 14.8. The highest BCUT2D eigenvalue weighted by molar-refractivity contribution is 9.10. The lowest BCUT2D eigenvalue weighted by atomic mass is 10.2.